The molecule has 1 N–H and O–H groups in total. The van der Waals surface area contributed by atoms with E-state index in [-0.39, 0.29) is 0 Å². The van der Waals surface area contributed by atoms with Crippen LogP contribution in [-0.4, -0.2) is 46.7 Å². The Kier molecular flexibility index (Phi) is 5.56. The van der Waals surface area contributed by atoms with E-state index >= 15 is 0 Å². The molecule has 2 rings (SSSR count). The molecule has 1 atom stereocenters. The average Bonchev–Trinajstić information content (AvgIpc) is 2.93. The molecule has 1 heterocycles. The summed E-state index contributed by atoms with van der Waals surface area (Å²) in [6, 6.07) is 9.71. The van der Waals surface area contributed by atoms with Crippen LogP contribution in [0.25, 0.3) is 0 Å². The highest BCUT2D eigenvalue weighted by molar-refractivity contribution is 5.73. The fourth-order valence-electron chi connectivity index (χ4n) is 2.85. The third-order valence-corrected chi connectivity index (χ3v) is 3.92. The number of likely N-dealkylation sites (tertiary alicyclic amines) is 1. The van der Waals surface area contributed by atoms with Gasteiger partial charge in [0.1, 0.15) is 6.04 Å². The summed E-state index contributed by atoms with van der Waals surface area (Å²) >= 11 is 0. The van der Waals surface area contributed by atoms with Crippen LogP contribution in [0.3, 0.4) is 0 Å². The molecule has 0 amide bonds. The Morgan fingerprint density at radius 2 is 1.95 bits per heavy atom. The molecule has 0 spiro atoms. The SMILES string of the molecule is CCC(C(=O)O)N(Cc1ccccc1)CN1CCCC1. The van der Waals surface area contributed by atoms with E-state index in [1.54, 1.807) is 0 Å². The number of benzene rings is 1. The van der Waals surface area contributed by atoms with Gasteiger partial charge in [-0.25, -0.2) is 0 Å². The molecular formula is C16H24N2O2. The summed E-state index contributed by atoms with van der Waals surface area (Å²) in [7, 11) is 0. The highest BCUT2D eigenvalue weighted by Gasteiger charge is 2.26. The molecule has 1 fully saturated rings. The molecule has 0 aromatic heterocycles. The van der Waals surface area contributed by atoms with E-state index in [0.717, 1.165) is 19.8 Å². The lowest BCUT2D eigenvalue weighted by atomic mass is 10.1. The lowest BCUT2D eigenvalue weighted by Gasteiger charge is -2.32. The first kappa shape index (κ1) is 15.0. The minimum absolute atomic E-state index is 0.407. The summed E-state index contributed by atoms with van der Waals surface area (Å²) in [5.41, 5.74) is 1.17. The number of hydrogen-bond acceptors (Lipinski definition) is 3. The molecule has 0 bridgehead atoms. The second-order valence-electron chi connectivity index (χ2n) is 5.46. The van der Waals surface area contributed by atoms with E-state index in [0.29, 0.717) is 13.0 Å². The zero-order valence-corrected chi connectivity index (χ0v) is 12.2. The third kappa shape index (κ3) is 4.05. The highest BCUT2D eigenvalue weighted by atomic mass is 16.4. The quantitative estimate of drug-likeness (QED) is 0.830. The van der Waals surface area contributed by atoms with E-state index in [1.165, 1.54) is 18.4 Å². The van der Waals surface area contributed by atoms with Crippen LogP contribution in [0.4, 0.5) is 0 Å². The number of nitrogens with zero attached hydrogens (tertiary/aromatic N) is 2. The van der Waals surface area contributed by atoms with Crippen LogP contribution in [0, 0.1) is 0 Å². The van der Waals surface area contributed by atoms with Crippen molar-refractivity contribution in [1.82, 2.24) is 9.80 Å². The fourth-order valence-corrected chi connectivity index (χ4v) is 2.85. The molecule has 1 aliphatic heterocycles. The molecule has 4 nitrogen and oxygen atoms in total. The van der Waals surface area contributed by atoms with Gasteiger partial charge in [0, 0.05) is 6.54 Å². The van der Waals surface area contributed by atoms with E-state index in [2.05, 4.69) is 21.9 Å². The van der Waals surface area contributed by atoms with Gasteiger partial charge in [0.25, 0.3) is 0 Å². The molecule has 1 unspecified atom stereocenters. The number of hydrogen-bond donors (Lipinski definition) is 1. The molecule has 4 heteroatoms. The van der Waals surface area contributed by atoms with Gasteiger partial charge >= 0.3 is 5.97 Å². The van der Waals surface area contributed by atoms with Crippen molar-refractivity contribution >= 4 is 5.97 Å². The summed E-state index contributed by atoms with van der Waals surface area (Å²) in [6.07, 6.45) is 3.09. The predicted octanol–water partition coefficient (Wildman–Crippen LogP) is 2.41. The van der Waals surface area contributed by atoms with Crippen LogP contribution in [0.5, 0.6) is 0 Å². The van der Waals surface area contributed by atoms with Crippen molar-refractivity contribution in [2.24, 2.45) is 0 Å². The number of rotatable bonds is 7. The molecule has 0 aliphatic carbocycles. The first-order valence-corrected chi connectivity index (χ1v) is 7.44. The van der Waals surface area contributed by atoms with Gasteiger partial charge in [-0.15, -0.1) is 0 Å². The first-order valence-electron chi connectivity index (χ1n) is 7.44. The molecular weight excluding hydrogens is 252 g/mol. The Morgan fingerprint density at radius 1 is 1.30 bits per heavy atom. The molecule has 1 aliphatic rings. The smallest absolute Gasteiger partial charge is 0.320 e. The van der Waals surface area contributed by atoms with Crippen LogP contribution in [0.2, 0.25) is 0 Å². The van der Waals surface area contributed by atoms with Gasteiger partial charge in [-0.2, -0.15) is 0 Å². The zero-order chi connectivity index (χ0) is 14.4. The summed E-state index contributed by atoms with van der Waals surface area (Å²) < 4.78 is 0. The highest BCUT2D eigenvalue weighted by Crippen LogP contribution is 2.15. The molecule has 1 aromatic rings. The predicted molar refractivity (Wildman–Crippen MR) is 79.4 cm³/mol. The van der Waals surface area contributed by atoms with Gasteiger partial charge in [0.15, 0.2) is 0 Å². The summed E-state index contributed by atoms with van der Waals surface area (Å²) in [4.78, 5) is 15.9. The topological polar surface area (TPSA) is 43.8 Å². The minimum Gasteiger partial charge on any atom is -0.480 e. The van der Waals surface area contributed by atoms with Crippen molar-refractivity contribution in [2.45, 2.75) is 38.8 Å². The monoisotopic (exact) mass is 276 g/mol. The number of carbonyl (C=O) groups is 1. The normalized spacial score (nSPS) is 17.5. The van der Waals surface area contributed by atoms with Crippen LogP contribution >= 0.6 is 0 Å². The maximum atomic E-state index is 11.5. The molecule has 0 saturated carbocycles. The second kappa shape index (κ2) is 7.41. The Bertz CT molecular complexity index is 416. The van der Waals surface area contributed by atoms with E-state index in [4.69, 9.17) is 0 Å². The van der Waals surface area contributed by atoms with Gasteiger partial charge < -0.3 is 5.11 Å². The van der Waals surface area contributed by atoms with Crippen molar-refractivity contribution in [1.29, 1.82) is 0 Å². The van der Waals surface area contributed by atoms with Gasteiger partial charge in [0.2, 0.25) is 0 Å². The first-order chi connectivity index (χ1) is 9.70. The minimum atomic E-state index is -0.720. The maximum Gasteiger partial charge on any atom is 0.320 e. The van der Waals surface area contributed by atoms with Crippen LogP contribution < -0.4 is 0 Å². The standard InChI is InChI=1S/C16H24N2O2/c1-2-15(16(19)20)18(13-17-10-6-7-11-17)12-14-8-4-3-5-9-14/h3-5,8-9,15H,2,6-7,10-13H2,1H3,(H,19,20). The number of carboxylic acid groups (broad SMARTS) is 1. The van der Waals surface area contributed by atoms with Gasteiger partial charge in [0.05, 0.1) is 6.67 Å². The Hall–Kier alpha value is -1.39. The van der Waals surface area contributed by atoms with Crippen molar-refractivity contribution in [3.05, 3.63) is 35.9 Å². The van der Waals surface area contributed by atoms with E-state index in [9.17, 15) is 9.90 Å². The molecule has 1 saturated heterocycles. The molecule has 1 aromatic carbocycles. The van der Waals surface area contributed by atoms with Crippen molar-refractivity contribution in [2.75, 3.05) is 19.8 Å². The van der Waals surface area contributed by atoms with Crippen LogP contribution in [0.15, 0.2) is 30.3 Å². The van der Waals surface area contributed by atoms with Crippen LogP contribution in [0.1, 0.15) is 31.7 Å². The largest absolute Gasteiger partial charge is 0.480 e. The average molecular weight is 276 g/mol. The maximum absolute atomic E-state index is 11.5. The number of carboxylic acids is 1. The summed E-state index contributed by atoms with van der Waals surface area (Å²) in [5, 5.41) is 9.44. The lowest BCUT2D eigenvalue weighted by Crippen LogP contribution is -2.46. The second-order valence-corrected chi connectivity index (χ2v) is 5.46. The molecule has 0 radical (unpaired) electrons. The van der Waals surface area contributed by atoms with Crippen molar-refractivity contribution in [3.8, 4) is 0 Å². The van der Waals surface area contributed by atoms with Gasteiger partial charge in [-0.05, 0) is 37.9 Å². The van der Waals surface area contributed by atoms with Crippen molar-refractivity contribution < 1.29 is 9.90 Å². The van der Waals surface area contributed by atoms with Crippen molar-refractivity contribution in [3.63, 3.8) is 0 Å². The third-order valence-electron chi connectivity index (χ3n) is 3.92. The lowest BCUT2D eigenvalue weighted by molar-refractivity contribution is -0.144. The summed E-state index contributed by atoms with van der Waals surface area (Å²) in [6.45, 7) is 5.56. The Balaban J connectivity index is 2.07. The zero-order valence-electron chi connectivity index (χ0n) is 12.2. The van der Waals surface area contributed by atoms with E-state index < -0.39 is 12.0 Å². The Labute approximate surface area is 121 Å². The molecule has 20 heavy (non-hydrogen) atoms. The van der Waals surface area contributed by atoms with Gasteiger partial charge in [-0.3, -0.25) is 14.6 Å². The summed E-state index contributed by atoms with van der Waals surface area (Å²) in [5.74, 6) is -0.720. The number of aliphatic carboxylic acids is 1. The van der Waals surface area contributed by atoms with E-state index in [1.807, 2.05) is 25.1 Å². The Morgan fingerprint density at radius 3 is 2.50 bits per heavy atom. The fraction of sp³-hybridized carbons (Fsp3) is 0.562. The van der Waals surface area contributed by atoms with Crippen LogP contribution in [-0.2, 0) is 11.3 Å². The molecule has 110 valence electrons. The van der Waals surface area contributed by atoms with Gasteiger partial charge in [-0.1, -0.05) is 37.3 Å².